The van der Waals surface area contributed by atoms with Crippen molar-refractivity contribution in [3.8, 4) is 0 Å². The third-order valence-electron chi connectivity index (χ3n) is 3.36. The normalized spacial score (nSPS) is 11.1. The van der Waals surface area contributed by atoms with Gasteiger partial charge in [-0.05, 0) is 43.2 Å². The number of benzene rings is 2. The van der Waals surface area contributed by atoms with Gasteiger partial charge in [-0.1, -0.05) is 35.4 Å². The number of aryl methyl sites for hydroxylation is 2. The van der Waals surface area contributed by atoms with Gasteiger partial charge in [0.15, 0.2) is 0 Å². The van der Waals surface area contributed by atoms with Gasteiger partial charge in [0.1, 0.15) is 5.82 Å². The minimum atomic E-state index is 0.731. The van der Waals surface area contributed by atoms with E-state index in [1.807, 2.05) is 18.2 Å². The first-order chi connectivity index (χ1) is 9.11. The number of nitrogens with one attached hydrogen (secondary N) is 1. The Hall–Kier alpha value is -1.80. The van der Waals surface area contributed by atoms with Crippen molar-refractivity contribution in [3.63, 3.8) is 0 Å². The molecule has 0 aliphatic heterocycles. The molecule has 0 spiro atoms. The smallest absolute Gasteiger partial charge is 0.111 e. The Kier molecular flexibility index (Phi) is 3.03. The van der Waals surface area contributed by atoms with E-state index in [-0.39, 0.29) is 0 Å². The first-order valence-electron chi connectivity index (χ1n) is 6.32. The van der Waals surface area contributed by atoms with Gasteiger partial charge in [0.05, 0.1) is 11.0 Å². The van der Waals surface area contributed by atoms with Crippen molar-refractivity contribution >= 4 is 22.6 Å². The highest BCUT2D eigenvalue weighted by atomic mass is 35.5. The predicted octanol–water partition coefficient (Wildman–Crippen LogP) is 4.42. The van der Waals surface area contributed by atoms with Crippen LogP contribution >= 0.6 is 11.6 Å². The van der Waals surface area contributed by atoms with E-state index >= 15 is 0 Å². The molecule has 0 aliphatic carbocycles. The Labute approximate surface area is 117 Å². The number of H-pyrrole nitrogens is 1. The number of aromatic amines is 1. The zero-order valence-corrected chi connectivity index (χ0v) is 11.8. The fourth-order valence-corrected chi connectivity index (χ4v) is 2.46. The van der Waals surface area contributed by atoms with Crippen molar-refractivity contribution in [1.82, 2.24) is 9.97 Å². The lowest BCUT2D eigenvalue weighted by molar-refractivity contribution is 1.02. The summed E-state index contributed by atoms with van der Waals surface area (Å²) in [4.78, 5) is 7.94. The molecule has 0 bridgehead atoms. The van der Waals surface area contributed by atoms with E-state index in [0.717, 1.165) is 28.3 Å². The summed E-state index contributed by atoms with van der Waals surface area (Å²) in [6.45, 7) is 4.25. The van der Waals surface area contributed by atoms with E-state index in [9.17, 15) is 0 Å². The van der Waals surface area contributed by atoms with Gasteiger partial charge in [-0.2, -0.15) is 0 Å². The van der Waals surface area contributed by atoms with Crippen molar-refractivity contribution in [2.75, 3.05) is 0 Å². The van der Waals surface area contributed by atoms with Crippen LogP contribution in [-0.4, -0.2) is 9.97 Å². The number of imidazole rings is 1. The molecular weight excluding hydrogens is 256 g/mol. The predicted molar refractivity (Wildman–Crippen MR) is 79.8 cm³/mol. The Balaban J connectivity index is 1.98. The van der Waals surface area contributed by atoms with Crippen molar-refractivity contribution in [2.45, 2.75) is 20.3 Å². The Morgan fingerprint density at radius 2 is 1.95 bits per heavy atom. The first kappa shape index (κ1) is 12.2. The van der Waals surface area contributed by atoms with Gasteiger partial charge < -0.3 is 4.98 Å². The third kappa shape index (κ3) is 2.49. The molecule has 0 aliphatic rings. The van der Waals surface area contributed by atoms with E-state index < -0.39 is 0 Å². The maximum Gasteiger partial charge on any atom is 0.111 e. The number of hydrogen-bond donors (Lipinski definition) is 1. The Morgan fingerprint density at radius 1 is 1.11 bits per heavy atom. The molecule has 0 saturated carbocycles. The molecule has 3 heteroatoms. The maximum atomic E-state index is 5.99. The van der Waals surface area contributed by atoms with Crippen LogP contribution in [0.25, 0.3) is 11.0 Å². The maximum absolute atomic E-state index is 5.99. The molecule has 2 nitrogen and oxygen atoms in total. The van der Waals surface area contributed by atoms with Gasteiger partial charge in [0.25, 0.3) is 0 Å². The standard InChI is InChI=1S/C16H15ClN2/c1-10-3-4-11(2)12(7-10)8-16-18-14-6-5-13(17)9-15(14)19-16/h3-7,9H,8H2,1-2H3,(H,18,19). The molecule has 0 atom stereocenters. The highest BCUT2D eigenvalue weighted by molar-refractivity contribution is 6.31. The summed E-state index contributed by atoms with van der Waals surface area (Å²) in [5.41, 5.74) is 5.84. The highest BCUT2D eigenvalue weighted by Crippen LogP contribution is 2.20. The van der Waals surface area contributed by atoms with Crippen LogP contribution in [-0.2, 0) is 6.42 Å². The zero-order chi connectivity index (χ0) is 13.4. The molecule has 3 aromatic rings. The lowest BCUT2D eigenvalue weighted by atomic mass is 10.0. The Morgan fingerprint density at radius 3 is 2.79 bits per heavy atom. The van der Waals surface area contributed by atoms with Gasteiger partial charge in [-0.3, -0.25) is 0 Å². The quantitative estimate of drug-likeness (QED) is 0.733. The lowest BCUT2D eigenvalue weighted by Crippen LogP contribution is -1.94. The molecule has 0 fully saturated rings. The molecule has 2 aromatic carbocycles. The van der Waals surface area contributed by atoms with Gasteiger partial charge in [-0.15, -0.1) is 0 Å². The number of hydrogen-bond acceptors (Lipinski definition) is 1. The van der Waals surface area contributed by atoms with Crippen LogP contribution in [0.5, 0.6) is 0 Å². The fraction of sp³-hybridized carbons (Fsp3) is 0.188. The van der Waals surface area contributed by atoms with Crippen molar-refractivity contribution < 1.29 is 0 Å². The molecule has 1 aromatic heterocycles. The summed E-state index contributed by atoms with van der Waals surface area (Å²) < 4.78 is 0. The monoisotopic (exact) mass is 270 g/mol. The summed E-state index contributed by atoms with van der Waals surface area (Å²) in [5, 5.41) is 0.731. The van der Waals surface area contributed by atoms with Gasteiger partial charge in [0, 0.05) is 11.4 Å². The SMILES string of the molecule is Cc1ccc(C)c(Cc2nc3ccc(Cl)cc3[nH]2)c1. The van der Waals surface area contributed by atoms with Crippen LogP contribution in [0.3, 0.4) is 0 Å². The van der Waals surface area contributed by atoms with Crippen LogP contribution in [0.2, 0.25) is 5.02 Å². The van der Waals surface area contributed by atoms with E-state index in [2.05, 4.69) is 42.0 Å². The second-order valence-corrected chi connectivity index (χ2v) is 5.39. The molecule has 0 unspecified atom stereocenters. The van der Waals surface area contributed by atoms with Crippen LogP contribution in [0.1, 0.15) is 22.5 Å². The van der Waals surface area contributed by atoms with Gasteiger partial charge >= 0.3 is 0 Å². The number of rotatable bonds is 2. The summed E-state index contributed by atoms with van der Waals surface area (Å²) in [6.07, 6.45) is 0.819. The summed E-state index contributed by atoms with van der Waals surface area (Å²) >= 11 is 5.99. The third-order valence-corrected chi connectivity index (χ3v) is 3.59. The minimum Gasteiger partial charge on any atom is -0.342 e. The van der Waals surface area contributed by atoms with Crippen LogP contribution in [0.15, 0.2) is 36.4 Å². The number of halogens is 1. The second kappa shape index (κ2) is 4.71. The van der Waals surface area contributed by atoms with Crippen molar-refractivity contribution in [1.29, 1.82) is 0 Å². The molecular formula is C16H15ClN2. The Bertz CT molecular complexity index is 744. The molecule has 1 N–H and O–H groups in total. The summed E-state index contributed by atoms with van der Waals surface area (Å²) in [6, 6.07) is 12.2. The molecule has 0 saturated heterocycles. The molecule has 3 rings (SSSR count). The van der Waals surface area contributed by atoms with Crippen molar-refractivity contribution in [3.05, 3.63) is 63.9 Å². The van der Waals surface area contributed by atoms with Crippen LogP contribution in [0.4, 0.5) is 0 Å². The molecule has 19 heavy (non-hydrogen) atoms. The molecule has 0 amide bonds. The van der Waals surface area contributed by atoms with E-state index in [4.69, 9.17) is 11.6 Å². The average Bonchev–Trinajstić information content (AvgIpc) is 2.75. The molecule has 96 valence electrons. The fourth-order valence-electron chi connectivity index (χ4n) is 2.29. The molecule has 0 radical (unpaired) electrons. The van der Waals surface area contributed by atoms with E-state index in [0.29, 0.717) is 0 Å². The van der Waals surface area contributed by atoms with Crippen LogP contribution in [0, 0.1) is 13.8 Å². The number of nitrogens with zero attached hydrogens (tertiary/aromatic N) is 1. The summed E-state index contributed by atoms with van der Waals surface area (Å²) in [5.74, 6) is 0.978. The van der Waals surface area contributed by atoms with Gasteiger partial charge in [-0.25, -0.2) is 4.98 Å². The first-order valence-corrected chi connectivity index (χ1v) is 6.70. The van der Waals surface area contributed by atoms with Crippen LogP contribution < -0.4 is 0 Å². The van der Waals surface area contributed by atoms with Crippen molar-refractivity contribution in [2.24, 2.45) is 0 Å². The molecule has 1 heterocycles. The van der Waals surface area contributed by atoms with E-state index in [1.165, 1.54) is 16.7 Å². The number of fused-ring (bicyclic) bond motifs is 1. The van der Waals surface area contributed by atoms with E-state index in [1.54, 1.807) is 0 Å². The number of aromatic nitrogens is 2. The lowest BCUT2D eigenvalue weighted by Gasteiger charge is -2.04. The highest BCUT2D eigenvalue weighted by Gasteiger charge is 2.06. The second-order valence-electron chi connectivity index (χ2n) is 4.95. The average molecular weight is 271 g/mol. The largest absolute Gasteiger partial charge is 0.342 e. The topological polar surface area (TPSA) is 28.7 Å². The zero-order valence-electron chi connectivity index (χ0n) is 11.0. The summed E-state index contributed by atoms with van der Waals surface area (Å²) in [7, 11) is 0. The van der Waals surface area contributed by atoms with Gasteiger partial charge in [0.2, 0.25) is 0 Å². The minimum absolute atomic E-state index is 0.731.